The van der Waals surface area contributed by atoms with Gasteiger partial charge < -0.3 is 15.7 Å². The maximum Gasteiger partial charge on any atom is 0.273 e. The molecule has 1 aliphatic rings. The lowest BCUT2D eigenvalue weighted by molar-refractivity contribution is 0.0245. The molecule has 0 spiro atoms. The third kappa shape index (κ3) is 2.88. The van der Waals surface area contributed by atoms with Gasteiger partial charge in [0.2, 0.25) is 0 Å². The van der Waals surface area contributed by atoms with Crippen molar-refractivity contribution in [1.29, 1.82) is 0 Å². The van der Waals surface area contributed by atoms with E-state index >= 15 is 0 Å². The number of nitrogens with two attached hydrogens (primary N) is 1. The number of hydrogen-bond donors (Lipinski definition) is 2. The van der Waals surface area contributed by atoms with E-state index in [-0.39, 0.29) is 11.8 Å². The number of rotatable bonds is 3. The minimum Gasteiger partial charge on any atom is -0.391 e. The quantitative estimate of drug-likeness (QED) is 0.837. The van der Waals surface area contributed by atoms with Crippen molar-refractivity contribution < 1.29 is 9.90 Å². The van der Waals surface area contributed by atoms with Crippen LogP contribution in [0.2, 0.25) is 0 Å². The lowest BCUT2D eigenvalue weighted by Gasteiger charge is -2.33. The minimum atomic E-state index is -0.426. The third-order valence-corrected chi connectivity index (χ3v) is 4.24. The molecule has 100 valence electrons. The SMILES string of the molecule is CC1CCN(C(=O)c2csc(CCN)n2)CC1O. The van der Waals surface area contributed by atoms with Crippen LogP contribution < -0.4 is 5.73 Å². The molecule has 0 bridgehead atoms. The van der Waals surface area contributed by atoms with E-state index in [1.54, 1.807) is 10.3 Å². The molecule has 2 unspecified atom stereocenters. The standard InChI is InChI=1S/C12H19N3O2S/c1-8-3-5-15(6-10(8)16)12(17)9-7-18-11(14-9)2-4-13/h7-8,10,16H,2-6,13H2,1H3. The predicted molar refractivity (Wildman–Crippen MR) is 70.6 cm³/mol. The molecule has 1 aromatic heterocycles. The average molecular weight is 269 g/mol. The van der Waals surface area contributed by atoms with E-state index in [1.165, 1.54) is 11.3 Å². The third-order valence-electron chi connectivity index (χ3n) is 3.33. The lowest BCUT2D eigenvalue weighted by Crippen LogP contribution is -2.45. The van der Waals surface area contributed by atoms with Gasteiger partial charge >= 0.3 is 0 Å². The van der Waals surface area contributed by atoms with E-state index in [2.05, 4.69) is 4.98 Å². The van der Waals surface area contributed by atoms with Crippen molar-refractivity contribution in [3.63, 3.8) is 0 Å². The summed E-state index contributed by atoms with van der Waals surface area (Å²) in [6, 6.07) is 0. The molecule has 0 aliphatic carbocycles. The second kappa shape index (κ2) is 5.77. The molecular weight excluding hydrogens is 250 g/mol. The summed E-state index contributed by atoms with van der Waals surface area (Å²) in [4.78, 5) is 18.2. The first-order valence-corrected chi connectivity index (χ1v) is 7.11. The largest absolute Gasteiger partial charge is 0.391 e. The Morgan fingerprint density at radius 2 is 2.50 bits per heavy atom. The van der Waals surface area contributed by atoms with Crippen molar-refractivity contribution >= 4 is 17.2 Å². The van der Waals surface area contributed by atoms with Crippen LogP contribution in [0.4, 0.5) is 0 Å². The summed E-state index contributed by atoms with van der Waals surface area (Å²) in [5, 5.41) is 12.5. The van der Waals surface area contributed by atoms with Crippen molar-refractivity contribution in [2.24, 2.45) is 11.7 Å². The Kier molecular flexibility index (Phi) is 4.31. The zero-order valence-corrected chi connectivity index (χ0v) is 11.3. The van der Waals surface area contributed by atoms with Gasteiger partial charge in [-0.05, 0) is 18.9 Å². The van der Waals surface area contributed by atoms with Crippen molar-refractivity contribution in [3.05, 3.63) is 16.1 Å². The fraction of sp³-hybridized carbons (Fsp3) is 0.667. The number of nitrogens with zero attached hydrogens (tertiary/aromatic N) is 2. The Balaban J connectivity index is 2.02. The zero-order chi connectivity index (χ0) is 13.1. The maximum absolute atomic E-state index is 12.2. The smallest absolute Gasteiger partial charge is 0.273 e. The number of aliphatic hydroxyl groups excluding tert-OH is 1. The molecule has 0 saturated carbocycles. The highest BCUT2D eigenvalue weighted by Gasteiger charge is 2.28. The highest BCUT2D eigenvalue weighted by atomic mass is 32.1. The van der Waals surface area contributed by atoms with Gasteiger partial charge in [-0.3, -0.25) is 4.79 Å². The summed E-state index contributed by atoms with van der Waals surface area (Å²) in [7, 11) is 0. The first-order valence-electron chi connectivity index (χ1n) is 6.23. The van der Waals surface area contributed by atoms with Crippen molar-refractivity contribution in [1.82, 2.24) is 9.88 Å². The Bertz CT molecular complexity index is 421. The van der Waals surface area contributed by atoms with Gasteiger partial charge in [-0.25, -0.2) is 4.98 Å². The zero-order valence-electron chi connectivity index (χ0n) is 10.5. The van der Waals surface area contributed by atoms with Crippen LogP contribution >= 0.6 is 11.3 Å². The van der Waals surface area contributed by atoms with Crippen LogP contribution in [0.1, 0.15) is 28.8 Å². The van der Waals surface area contributed by atoms with Crippen molar-refractivity contribution in [2.75, 3.05) is 19.6 Å². The second-order valence-corrected chi connectivity index (χ2v) is 5.69. The normalized spacial score (nSPS) is 24.3. The number of amides is 1. The summed E-state index contributed by atoms with van der Waals surface area (Å²) in [6.45, 7) is 3.65. The van der Waals surface area contributed by atoms with Crippen LogP contribution in [0.25, 0.3) is 0 Å². The number of carbonyl (C=O) groups excluding carboxylic acids is 1. The highest BCUT2D eigenvalue weighted by Crippen LogP contribution is 2.19. The van der Waals surface area contributed by atoms with Crippen LogP contribution in [-0.4, -0.2) is 46.6 Å². The fourth-order valence-corrected chi connectivity index (χ4v) is 2.83. The molecule has 1 fully saturated rings. The van der Waals surface area contributed by atoms with Crippen LogP contribution in [0.15, 0.2) is 5.38 Å². The molecule has 18 heavy (non-hydrogen) atoms. The number of aliphatic hydroxyl groups is 1. The summed E-state index contributed by atoms with van der Waals surface area (Å²) in [5.41, 5.74) is 5.94. The van der Waals surface area contributed by atoms with Gasteiger partial charge in [0.25, 0.3) is 5.91 Å². The number of aromatic nitrogens is 1. The van der Waals surface area contributed by atoms with Gasteiger partial charge in [0, 0.05) is 24.9 Å². The number of hydrogen-bond acceptors (Lipinski definition) is 5. The number of likely N-dealkylation sites (tertiary alicyclic amines) is 1. The minimum absolute atomic E-state index is 0.0829. The van der Waals surface area contributed by atoms with E-state index in [4.69, 9.17) is 5.73 Å². The van der Waals surface area contributed by atoms with Crippen molar-refractivity contribution in [2.45, 2.75) is 25.9 Å². The molecule has 1 aliphatic heterocycles. The predicted octanol–water partition coefficient (Wildman–Crippen LogP) is 0.487. The highest BCUT2D eigenvalue weighted by molar-refractivity contribution is 7.09. The van der Waals surface area contributed by atoms with E-state index in [0.29, 0.717) is 31.7 Å². The summed E-state index contributed by atoms with van der Waals surface area (Å²) in [6.07, 6.45) is 1.12. The number of piperidine rings is 1. The van der Waals surface area contributed by atoms with Crippen LogP contribution in [0.3, 0.4) is 0 Å². The molecule has 5 nitrogen and oxygen atoms in total. The molecular formula is C12H19N3O2S. The average Bonchev–Trinajstić information content (AvgIpc) is 2.81. The molecule has 2 rings (SSSR count). The van der Waals surface area contributed by atoms with Gasteiger partial charge in [-0.15, -0.1) is 11.3 Å². The van der Waals surface area contributed by atoms with E-state index in [1.807, 2.05) is 6.92 Å². The Labute approximate surface area is 111 Å². The maximum atomic E-state index is 12.2. The molecule has 6 heteroatoms. The molecule has 1 amide bonds. The summed E-state index contributed by atoms with van der Waals surface area (Å²) < 4.78 is 0. The van der Waals surface area contributed by atoms with Gasteiger partial charge in [-0.2, -0.15) is 0 Å². The molecule has 3 N–H and O–H groups in total. The number of β-amino-alcohol motifs (C(OH)–C–C–N with tert-alkyl or cyclic N) is 1. The molecule has 1 aromatic rings. The first kappa shape index (κ1) is 13.5. The van der Waals surface area contributed by atoms with Gasteiger partial charge in [0.1, 0.15) is 5.69 Å². The number of carbonyl (C=O) groups is 1. The van der Waals surface area contributed by atoms with E-state index in [0.717, 1.165) is 11.4 Å². The van der Waals surface area contributed by atoms with Gasteiger partial charge in [-0.1, -0.05) is 6.92 Å². The molecule has 1 saturated heterocycles. The van der Waals surface area contributed by atoms with Gasteiger partial charge in [0.05, 0.1) is 11.1 Å². The fourth-order valence-electron chi connectivity index (χ4n) is 2.04. The first-order chi connectivity index (χ1) is 8.61. The van der Waals surface area contributed by atoms with Crippen LogP contribution in [0.5, 0.6) is 0 Å². The lowest BCUT2D eigenvalue weighted by atomic mass is 9.96. The Morgan fingerprint density at radius 3 is 3.17 bits per heavy atom. The van der Waals surface area contributed by atoms with Crippen LogP contribution in [-0.2, 0) is 6.42 Å². The topological polar surface area (TPSA) is 79.5 Å². The molecule has 0 aromatic carbocycles. The van der Waals surface area contributed by atoms with E-state index in [9.17, 15) is 9.90 Å². The van der Waals surface area contributed by atoms with Crippen LogP contribution in [0, 0.1) is 5.92 Å². The number of thiazole rings is 1. The molecule has 2 heterocycles. The molecule has 0 radical (unpaired) electrons. The summed E-state index contributed by atoms with van der Waals surface area (Å²) >= 11 is 1.47. The Hall–Kier alpha value is -0.980. The monoisotopic (exact) mass is 269 g/mol. The van der Waals surface area contributed by atoms with Crippen molar-refractivity contribution in [3.8, 4) is 0 Å². The second-order valence-electron chi connectivity index (χ2n) is 4.75. The van der Waals surface area contributed by atoms with E-state index < -0.39 is 6.10 Å². The summed E-state index contributed by atoms with van der Waals surface area (Å²) in [5.74, 6) is 0.178. The van der Waals surface area contributed by atoms with Gasteiger partial charge in [0.15, 0.2) is 0 Å². The molecule has 2 atom stereocenters. The Morgan fingerprint density at radius 1 is 1.72 bits per heavy atom.